The first-order chi connectivity index (χ1) is 6.91. The van der Waals surface area contributed by atoms with Gasteiger partial charge in [-0.15, -0.1) is 0 Å². The van der Waals surface area contributed by atoms with E-state index in [9.17, 15) is 0 Å². The number of piperazine rings is 1. The van der Waals surface area contributed by atoms with Gasteiger partial charge in [0.15, 0.2) is 0 Å². The molecular formula is C11H20N2S. The van der Waals surface area contributed by atoms with Crippen LogP contribution in [0.4, 0.5) is 0 Å². The van der Waals surface area contributed by atoms with Crippen molar-refractivity contribution in [1.29, 1.82) is 0 Å². The zero-order chi connectivity index (χ0) is 9.43. The van der Waals surface area contributed by atoms with Crippen LogP contribution in [0.5, 0.6) is 0 Å². The molecular weight excluding hydrogens is 192 g/mol. The van der Waals surface area contributed by atoms with Crippen molar-refractivity contribution in [3.8, 4) is 0 Å². The molecule has 0 aromatic heterocycles. The maximum absolute atomic E-state index is 3.67. The Balaban J connectivity index is 1.81. The normalized spacial score (nSPS) is 37.3. The molecule has 0 aromatic rings. The summed E-state index contributed by atoms with van der Waals surface area (Å²) >= 11 is 2.14. The molecule has 1 atom stereocenters. The van der Waals surface area contributed by atoms with E-state index in [2.05, 4.69) is 22.0 Å². The van der Waals surface area contributed by atoms with E-state index in [1.165, 1.54) is 56.8 Å². The van der Waals surface area contributed by atoms with E-state index in [0.29, 0.717) is 5.54 Å². The Morgan fingerprint density at radius 2 is 2.14 bits per heavy atom. The van der Waals surface area contributed by atoms with Crippen LogP contribution in [0.2, 0.25) is 0 Å². The minimum Gasteiger partial charge on any atom is -0.313 e. The molecule has 0 aliphatic carbocycles. The Kier molecular flexibility index (Phi) is 2.50. The third kappa shape index (κ3) is 1.41. The molecule has 3 heteroatoms. The minimum atomic E-state index is 0.560. The zero-order valence-electron chi connectivity index (χ0n) is 8.80. The van der Waals surface area contributed by atoms with Crippen molar-refractivity contribution in [1.82, 2.24) is 10.2 Å². The molecule has 1 N–H and O–H groups in total. The summed E-state index contributed by atoms with van der Waals surface area (Å²) in [6.07, 6.45) is 5.70. The van der Waals surface area contributed by atoms with Crippen LogP contribution in [0.3, 0.4) is 0 Å². The summed E-state index contributed by atoms with van der Waals surface area (Å²) in [5.74, 6) is 2.76. The first kappa shape index (κ1) is 9.49. The van der Waals surface area contributed by atoms with Gasteiger partial charge in [0.05, 0.1) is 0 Å². The lowest BCUT2D eigenvalue weighted by Crippen LogP contribution is -2.64. The topological polar surface area (TPSA) is 15.3 Å². The maximum atomic E-state index is 3.67. The monoisotopic (exact) mass is 212 g/mol. The van der Waals surface area contributed by atoms with Crippen molar-refractivity contribution >= 4 is 11.8 Å². The van der Waals surface area contributed by atoms with E-state index in [1.54, 1.807) is 0 Å². The van der Waals surface area contributed by atoms with Crippen LogP contribution in [-0.2, 0) is 0 Å². The lowest BCUT2D eigenvalue weighted by molar-refractivity contribution is 0.0350. The van der Waals surface area contributed by atoms with Crippen molar-refractivity contribution in [2.24, 2.45) is 0 Å². The predicted molar refractivity (Wildman–Crippen MR) is 61.9 cm³/mol. The lowest BCUT2D eigenvalue weighted by atomic mass is 9.87. The molecule has 14 heavy (non-hydrogen) atoms. The van der Waals surface area contributed by atoms with Gasteiger partial charge in [-0.05, 0) is 43.7 Å². The fourth-order valence-electron chi connectivity index (χ4n) is 3.46. The smallest absolute Gasteiger partial charge is 0.0353 e. The number of fused-ring (bicyclic) bond motifs is 2. The summed E-state index contributed by atoms with van der Waals surface area (Å²) in [6, 6.07) is 0.867. The van der Waals surface area contributed by atoms with Gasteiger partial charge in [-0.1, -0.05) is 0 Å². The summed E-state index contributed by atoms with van der Waals surface area (Å²) in [5, 5.41) is 3.67. The fraction of sp³-hybridized carbons (Fsp3) is 1.00. The summed E-state index contributed by atoms with van der Waals surface area (Å²) < 4.78 is 0. The molecule has 3 heterocycles. The highest BCUT2D eigenvalue weighted by Gasteiger charge is 2.45. The second kappa shape index (κ2) is 3.69. The second-order valence-electron chi connectivity index (χ2n) is 4.96. The zero-order valence-corrected chi connectivity index (χ0v) is 9.61. The Bertz CT molecular complexity index is 208. The van der Waals surface area contributed by atoms with Crippen molar-refractivity contribution < 1.29 is 0 Å². The second-order valence-corrected chi connectivity index (χ2v) is 6.18. The first-order valence-corrected chi connectivity index (χ1v) is 7.11. The van der Waals surface area contributed by atoms with Gasteiger partial charge in [-0.25, -0.2) is 0 Å². The van der Waals surface area contributed by atoms with Crippen LogP contribution in [0.1, 0.15) is 25.7 Å². The SMILES string of the molecule is C1C[C@H]2CNCC3(CCSCC3)N2C1. The van der Waals surface area contributed by atoms with E-state index >= 15 is 0 Å². The number of thioether (sulfide) groups is 1. The Labute approximate surface area is 90.8 Å². The van der Waals surface area contributed by atoms with Gasteiger partial charge in [0.1, 0.15) is 0 Å². The maximum Gasteiger partial charge on any atom is 0.0353 e. The molecule has 3 rings (SSSR count). The molecule has 0 unspecified atom stereocenters. The third-order valence-corrected chi connectivity index (χ3v) is 5.23. The van der Waals surface area contributed by atoms with Gasteiger partial charge in [0, 0.05) is 24.7 Å². The van der Waals surface area contributed by atoms with Crippen molar-refractivity contribution in [3.05, 3.63) is 0 Å². The molecule has 0 radical (unpaired) electrons. The van der Waals surface area contributed by atoms with Gasteiger partial charge in [0.25, 0.3) is 0 Å². The minimum absolute atomic E-state index is 0.560. The fourth-order valence-corrected chi connectivity index (χ4v) is 4.71. The summed E-state index contributed by atoms with van der Waals surface area (Å²) in [7, 11) is 0. The Morgan fingerprint density at radius 3 is 3.00 bits per heavy atom. The highest BCUT2D eigenvalue weighted by molar-refractivity contribution is 7.99. The average molecular weight is 212 g/mol. The van der Waals surface area contributed by atoms with Crippen molar-refractivity contribution in [2.75, 3.05) is 31.1 Å². The summed E-state index contributed by atoms with van der Waals surface area (Å²) in [5.41, 5.74) is 0.560. The molecule has 0 aromatic carbocycles. The molecule has 3 fully saturated rings. The first-order valence-electron chi connectivity index (χ1n) is 5.96. The molecule has 0 amide bonds. The van der Waals surface area contributed by atoms with Gasteiger partial charge in [-0.3, -0.25) is 4.90 Å². The number of hydrogen-bond donors (Lipinski definition) is 1. The molecule has 80 valence electrons. The number of rotatable bonds is 0. The van der Waals surface area contributed by atoms with Gasteiger partial charge < -0.3 is 5.32 Å². The highest BCUT2D eigenvalue weighted by Crippen LogP contribution is 2.38. The van der Waals surface area contributed by atoms with Crippen LogP contribution in [0, 0.1) is 0 Å². The van der Waals surface area contributed by atoms with E-state index in [1.807, 2.05) is 0 Å². The van der Waals surface area contributed by atoms with Gasteiger partial charge >= 0.3 is 0 Å². The Morgan fingerprint density at radius 1 is 1.29 bits per heavy atom. The molecule has 3 saturated heterocycles. The summed E-state index contributed by atoms with van der Waals surface area (Å²) in [6.45, 7) is 3.87. The summed E-state index contributed by atoms with van der Waals surface area (Å²) in [4.78, 5) is 2.85. The van der Waals surface area contributed by atoms with Crippen LogP contribution in [0.15, 0.2) is 0 Å². The third-order valence-electron chi connectivity index (χ3n) is 4.24. The number of hydrogen-bond acceptors (Lipinski definition) is 3. The van der Waals surface area contributed by atoms with Crippen LogP contribution < -0.4 is 5.32 Å². The molecule has 1 spiro atoms. The van der Waals surface area contributed by atoms with E-state index in [4.69, 9.17) is 0 Å². The quantitative estimate of drug-likeness (QED) is 0.652. The van der Waals surface area contributed by atoms with Gasteiger partial charge in [-0.2, -0.15) is 11.8 Å². The molecule has 0 saturated carbocycles. The van der Waals surface area contributed by atoms with E-state index in [0.717, 1.165) is 6.04 Å². The number of nitrogens with zero attached hydrogens (tertiary/aromatic N) is 1. The molecule has 3 aliphatic heterocycles. The van der Waals surface area contributed by atoms with Crippen molar-refractivity contribution in [2.45, 2.75) is 37.3 Å². The average Bonchev–Trinajstić information content (AvgIpc) is 2.69. The standard InChI is InChI=1S/C11H20N2S/c1-2-10-8-12-9-11(13(10)5-1)3-6-14-7-4-11/h10,12H,1-9H2/t10-/m0/s1. The van der Waals surface area contributed by atoms with Crippen LogP contribution in [-0.4, -0.2) is 47.6 Å². The van der Waals surface area contributed by atoms with Gasteiger partial charge in [0.2, 0.25) is 0 Å². The van der Waals surface area contributed by atoms with E-state index < -0.39 is 0 Å². The molecule has 2 nitrogen and oxygen atoms in total. The van der Waals surface area contributed by atoms with Crippen LogP contribution in [0.25, 0.3) is 0 Å². The number of nitrogens with one attached hydrogen (secondary N) is 1. The Hall–Kier alpha value is 0.270. The highest BCUT2D eigenvalue weighted by atomic mass is 32.2. The van der Waals surface area contributed by atoms with E-state index in [-0.39, 0.29) is 0 Å². The van der Waals surface area contributed by atoms with Crippen LogP contribution >= 0.6 is 11.8 Å². The van der Waals surface area contributed by atoms with Crippen molar-refractivity contribution in [3.63, 3.8) is 0 Å². The molecule has 3 aliphatic rings. The largest absolute Gasteiger partial charge is 0.313 e. The molecule has 0 bridgehead atoms. The lowest BCUT2D eigenvalue weighted by Gasteiger charge is -2.51. The predicted octanol–water partition coefficient (Wildman–Crippen LogP) is 1.32.